The number of hydrogen-bond donors (Lipinski definition) is 1. The van der Waals surface area contributed by atoms with Crippen LogP contribution in [0.25, 0.3) is 0 Å². The summed E-state index contributed by atoms with van der Waals surface area (Å²) in [5.41, 5.74) is 1.12. The van der Waals surface area contributed by atoms with Crippen LogP contribution in [-0.2, 0) is 21.5 Å². The van der Waals surface area contributed by atoms with Crippen LogP contribution in [0.3, 0.4) is 0 Å². The van der Waals surface area contributed by atoms with E-state index >= 15 is 0 Å². The topological polar surface area (TPSA) is 67.4 Å². The summed E-state index contributed by atoms with van der Waals surface area (Å²) in [4.78, 5) is 23.5. The highest BCUT2D eigenvalue weighted by molar-refractivity contribution is 5.91. The van der Waals surface area contributed by atoms with Gasteiger partial charge in [0.25, 0.3) is 0 Å². The summed E-state index contributed by atoms with van der Waals surface area (Å²) in [5, 5.41) is 3.17. The minimum Gasteiger partial charge on any atom is -0.378 e. The van der Waals surface area contributed by atoms with Gasteiger partial charge in [0.1, 0.15) is 17.4 Å². The molecule has 0 saturated carbocycles. The molecule has 1 N–H and O–H groups in total. The second-order valence-electron chi connectivity index (χ2n) is 6.36. The number of nitrogens with one attached hydrogen (secondary N) is 1. The summed E-state index contributed by atoms with van der Waals surface area (Å²) in [5.74, 6) is 0.659. The number of nitrogens with zero attached hydrogens (tertiary/aromatic N) is 3. The first-order chi connectivity index (χ1) is 10.6. The molecule has 2 atom stereocenters. The van der Waals surface area contributed by atoms with Crippen LogP contribution < -0.4 is 5.32 Å². The molecule has 0 bridgehead atoms. The van der Waals surface area contributed by atoms with E-state index in [0.717, 1.165) is 11.3 Å². The molecule has 1 spiro atoms. The third-order valence-electron chi connectivity index (χ3n) is 4.96. The second-order valence-corrected chi connectivity index (χ2v) is 6.36. The lowest BCUT2D eigenvalue weighted by atomic mass is 9.72. The van der Waals surface area contributed by atoms with E-state index in [2.05, 4.69) is 15.3 Å². The highest BCUT2D eigenvalue weighted by atomic mass is 19.1. The molecule has 2 saturated heterocycles. The average molecular weight is 306 g/mol. The van der Waals surface area contributed by atoms with E-state index in [1.165, 1.54) is 0 Å². The van der Waals surface area contributed by atoms with Crippen LogP contribution in [0.15, 0.2) is 6.20 Å². The van der Waals surface area contributed by atoms with Crippen molar-refractivity contribution in [2.24, 2.45) is 0 Å². The zero-order valence-corrected chi connectivity index (χ0v) is 12.5. The predicted molar refractivity (Wildman–Crippen MR) is 76.0 cm³/mol. The predicted octanol–water partition coefficient (Wildman–Crippen LogP) is 0.0952. The first-order valence-electron chi connectivity index (χ1n) is 7.68. The molecule has 1 aromatic heterocycles. The Hall–Kier alpha value is -1.60. The van der Waals surface area contributed by atoms with Crippen LogP contribution in [0.4, 0.5) is 4.39 Å². The standard InChI is InChI=1S/C15H19FN4O2/c1-9-18-4-10-5-20(12-2-3-22-6-11(12)16)14(21)15(7-17-8-15)13(10)19-9/h4,11-12,17H,2-3,5-8H2,1H3/t11-,12+/m0/s1. The normalized spacial score (nSPS) is 30.1. The van der Waals surface area contributed by atoms with Crippen molar-refractivity contribution < 1.29 is 13.9 Å². The van der Waals surface area contributed by atoms with E-state index in [4.69, 9.17) is 4.74 Å². The number of aryl methyl sites for hydroxylation is 1. The number of fused-ring (bicyclic) bond motifs is 2. The molecule has 0 radical (unpaired) electrons. The van der Waals surface area contributed by atoms with Crippen LogP contribution in [0.5, 0.6) is 0 Å². The van der Waals surface area contributed by atoms with Crippen molar-refractivity contribution >= 4 is 5.91 Å². The molecule has 6 nitrogen and oxygen atoms in total. The van der Waals surface area contributed by atoms with Crippen LogP contribution >= 0.6 is 0 Å². The number of carbonyl (C=O) groups is 1. The lowest BCUT2D eigenvalue weighted by Gasteiger charge is -2.50. The molecular formula is C15H19FN4O2. The summed E-state index contributed by atoms with van der Waals surface area (Å²) in [7, 11) is 0. The summed E-state index contributed by atoms with van der Waals surface area (Å²) in [6, 6.07) is -0.409. The molecular weight excluding hydrogens is 287 g/mol. The fourth-order valence-corrected chi connectivity index (χ4v) is 3.66. The van der Waals surface area contributed by atoms with Crippen molar-refractivity contribution in [3.63, 3.8) is 0 Å². The first kappa shape index (κ1) is 14.0. The fraction of sp³-hybridized carbons (Fsp3) is 0.667. The summed E-state index contributed by atoms with van der Waals surface area (Å²) < 4.78 is 19.4. The van der Waals surface area contributed by atoms with Crippen molar-refractivity contribution in [3.05, 3.63) is 23.3 Å². The average Bonchev–Trinajstić information content (AvgIpc) is 2.46. The Balaban J connectivity index is 1.75. The Morgan fingerprint density at radius 2 is 2.32 bits per heavy atom. The number of ether oxygens (including phenoxy) is 1. The van der Waals surface area contributed by atoms with Gasteiger partial charge in [-0.3, -0.25) is 4.79 Å². The van der Waals surface area contributed by atoms with E-state index in [1.54, 1.807) is 11.1 Å². The molecule has 22 heavy (non-hydrogen) atoms. The SMILES string of the molecule is Cc1ncc2c(n1)C1(CNC1)C(=O)N([C@@H]1CCOC[C@@H]1F)C2. The van der Waals surface area contributed by atoms with Gasteiger partial charge in [-0.25, -0.2) is 14.4 Å². The monoisotopic (exact) mass is 306 g/mol. The van der Waals surface area contributed by atoms with Crippen LogP contribution in [-0.4, -0.2) is 59.3 Å². The number of amides is 1. The third-order valence-corrected chi connectivity index (χ3v) is 4.96. The second kappa shape index (κ2) is 4.96. The number of rotatable bonds is 1. The zero-order chi connectivity index (χ0) is 15.3. The Morgan fingerprint density at radius 3 is 3.00 bits per heavy atom. The molecule has 0 aliphatic carbocycles. The van der Waals surface area contributed by atoms with Crippen molar-refractivity contribution in [1.29, 1.82) is 0 Å². The minimum atomic E-state index is -1.13. The van der Waals surface area contributed by atoms with Crippen LogP contribution in [0.1, 0.15) is 23.5 Å². The van der Waals surface area contributed by atoms with Gasteiger partial charge in [0.2, 0.25) is 5.91 Å². The molecule has 0 aromatic carbocycles. The molecule has 3 aliphatic heterocycles. The molecule has 1 aromatic rings. The number of aromatic nitrogens is 2. The van der Waals surface area contributed by atoms with Gasteiger partial charge in [0.15, 0.2) is 0 Å². The molecule has 2 fully saturated rings. The number of halogens is 1. The van der Waals surface area contributed by atoms with Gasteiger partial charge in [-0.15, -0.1) is 0 Å². The molecule has 7 heteroatoms. The summed E-state index contributed by atoms with van der Waals surface area (Å²) >= 11 is 0. The maximum atomic E-state index is 14.3. The molecule has 0 unspecified atom stereocenters. The van der Waals surface area contributed by atoms with Gasteiger partial charge < -0.3 is 15.0 Å². The molecule has 4 rings (SSSR count). The molecule has 1 amide bonds. The Labute approximate surface area is 128 Å². The Kier molecular flexibility index (Phi) is 3.16. The maximum Gasteiger partial charge on any atom is 0.238 e. The largest absolute Gasteiger partial charge is 0.378 e. The third kappa shape index (κ3) is 1.88. The van der Waals surface area contributed by atoms with Gasteiger partial charge in [-0.2, -0.15) is 0 Å². The quantitative estimate of drug-likeness (QED) is 0.797. The lowest BCUT2D eigenvalue weighted by molar-refractivity contribution is -0.150. The Bertz CT molecular complexity index is 620. The van der Waals surface area contributed by atoms with E-state index < -0.39 is 17.6 Å². The van der Waals surface area contributed by atoms with E-state index in [0.29, 0.717) is 38.5 Å². The zero-order valence-electron chi connectivity index (χ0n) is 12.5. The number of alkyl halides is 1. The van der Waals surface area contributed by atoms with Crippen molar-refractivity contribution in [1.82, 2.24) is 20.2 Å². The molecule has 4 heterocycles. The molecule has 3 aliphatic rings. The smallest absolute Gasteiger partial charge is 0.238 e. The molecule has 118 valence electrons. The maximum absolute atomic E-state index is 14.3. The summed E-state index contributed by atoms with van der Waals surface area (Å²) in [6.45, 7) is 3.90. The van der Waals surface area contributed by atoms with Gasteiger partial charge in [0.05, 0.1) is 18.3 Å². The Morgan fingerprint density at radius 1 is 1.50 bits per heavy atom. The van der Waals surface area contributed by atoms with E-state index in [9.17, 15) is 9.18 Å². The highest BCUT2D eigenvalue weighted by Crippen LogP contribution is 2.38. The highest BCUT2D eigenvalue weighted by Gasteiger charge is 2.55. The van der Waals surface area contributed by atoms with Crippen molar-refractivity contribution in [2.75, 3.05) is 26.3 Å². The van der Waals surface area contributed by atoms with E-state index in [1.807, 2.05) is 6.92 Å². The van der Waals surface area contributed by atoms with Crippen molar-refractivity contribution in [3.8, 4) is 0 Å². The van der Waals surface area contributed by atoms with Gasteiger partial charge in [-0.1, -0.05) is 0 Å². The van der Waals surface area contributed by atoms with Crippen molar-refractivity contribution in [2.45, 2.75) is 37.5 Å². The number of hydrogen-bond acceptors (Lipinski definition) is 5. The number of carbonyl (C=O) groups excluding carboxylic acids is 1. The fourth-order valence-electron chi connectivity index (χ4n) is 3.66. The van der Waals surface area contributed by atoms with Gasteiger partial charge in [-0.05, 0) is 13.3 Å². The summed E-state index contributed by atoms with van der Waals surface area (Å²) in [6.07, 6.45) is 1.19. The van der Waals surface area contributed by atoms with Crippen LogP contribution in [0.2, 0.25) is 0 Å². The first-order valence-corrected chi connectivity index (χ1v) is 7.68. The van der Waals surface area contributed by atoms with Crippen LogP contribution in [0, 0.1) is 6.92 Å². The van der Waals surface area contributed by atoms with Gasteiger partial charge in [0, 0.05) is 38.0 Å². The van der Waals surface area contributed by atoms with Gasteiger partial charge >= 0.3 is 0 Å². The van der Waals surface area contributed by atoms with E-state index in [-0.39, 0.29) is 12.5 Å². The minimum absolute atomic E-state index is 0.00796. The lowest BCUT2D eigenvalue weighted by Crippen LogP contribution is -2.69.